The Morgan fingerprint density at radius 3 is 2.49 bits per heavy atom. The van der Waals surface area contributed by atoms with E-state index in [9.17, 15) is 14.0 Å². The van der Waals surface area contributed by atoms with E-state index in [0.717, 1.165) is 6.07 Å². The Morgan fingerprint density at radius 1 is 0.977 bits per heavy atom. The molecule has 0 atom stereocenters. The third-order valence-electron chi connectivity index (χ3n) is 7.86. The van der Waals surface area contributed by atoms with Gasteiger partial charge in [0.25, 0.3) is 11.8 Å². The van der Waals surface area contributed by atoms with Crippen molar-refractivity contribution in [1.82, 2.24) is 15.3 Å². The highest BCUT2D eigenvalue weighted by atomic mass is 19.1. The van der Waals surface area contributed by atoms with Crippen molar-refractivity contribution in [2.24, 2.45) is 0 Å². The van der Waals surface area contributed by atoms with Crippen molar-refractivity contribution in [2.45, 2.75) is 25.3 Å². The first-order valence-electron chi connectivity index (χ1n) is 13.6. The highest BCUT2D eigenvalue weighted by Gasteiger charge is 2.50. The zero-order chi connectivity index (χ0) is 29.9. The molecule has 3 aromatic heterocycles. The molecule has 0 aliphatic heterocycles. The molecule has 0 saturated heterocycles. The molecule has 6 aromatic rings. The quantitative estimate of drug-likeness (QED) is 0.230. The first kappa shape index (κ1) is 26.5. The van der Waals surface area contributed by atoms with Crippen LogP contribution in [0, 0.1) is 18.6 Å². The average Bonchev–Trinajstić information content (AvgIpc) is 3.48. The molecule has 1 N–H and O–H groups in total. The molecule has 214 valence electrons. The molecule has 8 nitrogen and oxygen atoms in total. The van der Waals surface area contributed by atoms with Crippen LogP contribution in [0.15, 0.2) is 88.0 Å². The molecular formula is C33H24F2N4O4. The molecule has 1 aliphatic carbocycles. The zero-order valence-corrected chi connectivity index (χ0v) is 23.2. The van der Waals surface area contributed by atoms with Gasteiger partial charge in [0.15, 0.2) is 5.58 Å². The van der Waals surface area contributed by atoms with Crippen LogP contribution >= 0.6 is 0 Å². The van der Waals surface area contributed by atoms with Crippen LogP contribution in [0.4, 0.5) is 14.5 Å². The van der Waals surface area contributed by atoms with E-state index < -0.39 is 29.0 Å². The normalized spacial score (nSPS) is 13.8. The molecule has 43 heavy (non-hydrogen) atoms. The minimum absolute atomic E-state index is 0.0395. The summed E-state index contributed by atoms with van der Waals surface area (Å²) in [6, 6.07) is 17.0. The van der Waals surface area contributed by atoms with Crippen LogP contribution in [0.2, 0.25) is 0 Å². The third-order valence-corrected chi connectivity index (χ3v) is 7.86. The van der Waals surface area contributed by atoms with Gasteiger partial charge in [-0.2, -0.15) is 0 Å². The number of halogens is 2. The fourth-order valence-electron chi connectivity index (χ4n) is 5.27. The molecule has 2 amide bonds. The van der Waals surface area contributed by atoms with E-state index in [0.29, 0.717) is 46.4 Å². The zero-order valence-electron chi connectivity index (χ0n) is 23.2. The van der Waals surface area contributed by atoms with Crippen molar-refractivity contribution in [3.05, 3.63) is 113 Å². The summed E-state index contributed by atoms with van der Waals surface area (Å²) in [5.74, 6) is -1.45. The fraction of sp³-hybridized carbons (Fsp3) is 0.152. The number of benzene rings is 3. The maximum Gasteiger partial charge on any atom is 0.262 e. The Balaban J connectivity index is 1.23. The van der Waals surface area contributed by atoms with Crippen LogP contribution in [0.3, 0.4) is 0 Å². The van der Waals surface area contributed by atoms with Gasteiger partial charge in [-0.3, -0.25) is 14.6 Å². The second kappa shape index (κ2) is 9.87. The van der Waals surface area contributed by atoms with Gasteiger partial charge in [-0.1, -0.05) is 18.2 Å². The highest BCUT2D eigenvalue weighted by Crippen LogP contribution is 2.46. The molecule has 0 spiro atoms. The Bertz CT molecular complexity index is 2030. The number of carbonyl (C=O) groups is 2. The number of nitrogens with one attached hydrogen (secondary N) is 1. The number of carbonyl (C=O) groups excluding carboxylic acids is 2. The summed E-state index contributed by atoms with van der Waals surface area (Å²) in [5, 5.41) is 3.51. The first-order valence-corrected chi connectivity index (χ1v) is 13.6. The van der Waals surface area contributed by atoms with Crippen LogP contribution in [0.1, 0.15) is 45.0 Å². The SMILES string of the molecule is Cc1c(F)cc(C(=O)NC2(c3nc4cnccc4o3)CC2)cc1N(C)C(=O)c1c(-c2ccc(F)cc2)oc2ccccc12. The minimum atomic E-state index is -0.806. The van der Waals surface area contributed by atoms with Gasteiger partial charge >= 0.3 is 0 Å². The van der Waals surface area contributed by atoms with Crippen LogP contribution in [0.5, 0.6) is 0 Å². The fourth-order valence-corrected chi connectivity index (χ4v) is 5.27. The second-order valence-electron chi connectivity index (χ2n) is 10.7. The molecule has 3 aromatic carbocycles. The van der Waals surface area contributed by atoms with E-state index in [4.69, 9.17) is 8.83 Å². The van der Waals surface area contributed by atoms with Gasteiger partial charge in [0.05, 0.1) is 17.4 Å². The number of amides is 2. The van der Waals surface area contributed by atoms with Crippen LogP contribution < -0.4 is 10.2 Å². The monoisotopic (exact) mass is 578 g/mol. The standard InChI is InChI=1S/C33H24F2N4O4/c1-18-23(35)15-20(30(40)38-33(12-13-33)32-37-24-17-36-14-11-27(24)43-32)16-25(18)39(2)31(41)28-22-5-3-4-6-26(22)42-29(28)19-7-9-21(34)10-8-19/h3-11,14-17H,12-13H2,1-2H3,(H,38,40). The number of oxazole rings is 1. The lowest BCUT2D eigenvalue weighted by Crippen LogP contribution is -2.35. The second-order valence-corrected chi connectivity index (χ2v) is 10.7. The summed E-state index contributed by atoms with van der Waals surface area (Å²) in [7, 11) is 1.51. The van der Waals surface area contributed by atoms with Gasteiger partial charge in [0, 0.05) is 41.4 Å². The summed E-state index contributed by atoms with van der Waals surface area (Å²) >= 11 is 0. The van der Waals surface area contributed by atoms with Crippen LogP contribution in [0.25, 0.3) is 33.4 Å². The predicted molar refractivity (Wildman–Crippen MR) is 156 cm³/mol. The molecule has 0 unspecified atom stereocenters. The molecule has 0 bridgehead atoms. The number of hydrogen-bond donors (Lipinski definition) is 1. The Hall–Kier alpha value is -5.38. The smallest absolute Gasteiger partial charge is 0.262 e. The van der Waals surface area contributed by atoms with Crippen molar-refractivity contribution in [2.75, 3.05) is 11.9 Å². The summed E-state index contributed by atoms with van der Waals surface area (Å²) in [5.41, 5.74) is 1.99. The van der Waals surface area contributed by atoms with Gasteiger partial charge in [-0.05, 0) is 62.2 Å². The number of hydrogen-bond acceptors (Lipinski definition) is 6. The lowest BCUT2D eigenvalue weighted by Gasteiger charge is -2.22. The van der Waals surface area contributed by atoms with Gasteiger partial charge in [0.1, 0.15) is 34.0 Å². The topological polar surface area (TPSA) is 101 Å². The largest absolute Gasteiger partial charge is 0.455 e. The first-order chi connectivity index (χ1) is 20.7. The molecular weight excluding hydrogens is 554 g/mol. The van der Waals surface area contributed by atoms with Crippen molar-refractivity contribution in [3.63, 3.8) is 0 Å². The van der Waals surface area contributed by atoms with Gasteiger partial charge < -0.3 is 19.1 Å². The molecule has 3 heterocycles. The number of furan rings is 1. The predicted octanol–water partition coefficient (Wildman–Crippen LogP) is 6.92. The summed E-state index contributed by atoms with van der Waals surface area (Å²) in [6.45, 7) is 1.54. The molecule has 0 radical (unpaired) electrons. The Labute approximate surface area is 244 Å². The van der Waals surface area contributed by atoms with Crippen molar-refractivity contribution in [1.29, 1.82) is 0 Å². The van der Waals surface area contributed by atoms with E-state index in [1.807, 2.05) is 0 Å². The number of pyridine rings is 1. The highest BCUT2D eigenvalue weighted by molar-refractivity contribution is 6.17. The van der Waals surface area contributed by atoms with Crippen LogP contribution in [-0.2, 0) is 5.54 Å². The number of anilines is 1. The summed E-state index contributed by atoms with van der Waals surface area (Å²) in [6.07, 6.45) is 4.40. The Kier molecular flexibility index (Phi) is 6.08. The molecule has 1 fully saturated rings. The van der Waals surface area contributed by atoms with Gasteiger partial charge in [-0.15, -0.1) is 0 Å². The molecule has 7 rings (SSSR count). The summed E-state index contributed by atoms with van der Waals surface area (Å²) in [4.78, 5) is 37.4. The van der Waals surface area contributed by atoms with Gasteiger partial charge in [0.2, 0.25) is 5.89 Å². The van der Waals surface area contributed by atoms with E-state index in [2.05, 4.69) is 15.3 Å². The van der Waals surface area contributed by atoms with E-state index in [1.54, 1.807) is 49.6 Å². The number of fused-ring (bicyclic) bond motifs is 2. The minimum Gasteiger partial charge on any atom is -0.455 e. The number of para-hydroxylation sites is 1. The van der Waals surface area contributed by atoms with E-state index in [-0.39, 0.29) is 28.1 Å². The molecule has 10 heteroatoms. The lowest BCUT2D eigenvalue weighted by atomic mass is 10.0. The maximum absolute atomic E-state index is 15.3. The Morgan fingerprint density at radius 2 is 1.74 bits per heavy atom. The van der Waals surface area contributed by atoms with E-state index in [1.165, 1.54) is 42.3 Å². The van der Waals surface area contributed by atoms with Crippen molar-refractivity contribution in [3.8, 4) is 11.3 Å². The molecule has 1 saturated carbocycles. The average molecular weight is 579 g/mol. The van der Waals surface area contributed by atoms with Crippen molar-refractivity contribution < 1.29 is 27.2 Å². The van der Waals surface area contributed by atoms with Crippen LogP contribution in [-0.4, -0.2) is 28.8 Å². The summed E-state index contributed by atoms with van der Waals surface area (Å²) < 4.78 is 40.9. The number of aromatic nitrogens is 2. The third kappa shape index (κ3) is 4.51. The van der Waals surface area contributed by atoms with E-state index >= 15 is 4.39 Å². The molecule has 1 aliphatic rings. The number of rotatable bonds is 6. The maximum atomic E-state index is 15.3. The number of nitrogens with zero attached hydrogens (tertiary/aromatic N) is 3. The van der Waals surface area contributed by atoms with Crippen molar-refractivity contribution >= 4 is 39.6 Å². The van der Waals surface area contributed by atoms with Gasteiger partial charge in [-0.25, -0.2) is 13.8 Å². The lowest BCUT2D eigenvalue weighted by molar-refractivity contribution is 0.0921.